The zero-order chi connectivity index (χ0) is 14.5. The first-order valence-corrected chi connectivity index (χ1v) is 8.32. The zero-order valence-electron chi connectivity index (χ0n) is 13.4. The van der Waals surface area contributed by atoms with Crippen LogP contribution in [0.4, 0.5) is 0 Å². The molecule has 0 radical (unpaired) electrons. The van der Waals surface area contributed by atoms with E-state index in [4.69, 9.17) is 4.98 Å². The minimum Gasteiger partial charge on any atom is -0.316 e. The molecule has 1 N–H and O–H groups in total. The molecular weight excluding hydrogens is 252 g/mol. The monoisotopic (exact) mass is 282 g/mol. The van der Waals surface area contributed by atoms with Crippen molar-refractivity contribution in [2.75, 3.05) is 13.1 Å². The summed E-state index contributed by atoms with van der Waals surface area (Å²) in [4.78, 5) is 4.76. The predicted octanol–water partition coefficient (Wildman–Crippen LogP) is 4.25. The minimum absolute atomic E-state index is 0.180. The molecule has 1 aromatic rings. The van der Waals surface area contributed by atoms with Crippen LogP contribution in [0, 0.1) is 11.8 Å². The van der Waals surface area contributed by atoms with E-state index < -0.39 is 0 Å². The van der Waals surface area contributed by atoms with Crippen LogP contribution in [-0.4, -0.2) is 18.1 Å². The van der Waals surface area contributed by atoms with E-state index in [1.807, 2.05) is 11.3 Å². The van der Waals surface area contributed by atoms with Gasteiger partial charge in [-0.3, -0.25) is 0 Å². The van der Waals surface area contributed by atoms with Crippen molar-refractivity contribution in [2.45, 2.75) is 59.8 Å². The quantitative estimate of drug-likeness (QED) is 0.808. The number of aromatic nitrogens is 1. The number of nitrogens with zero attached hydrogens (tertiary/aromatic N) is 1. The van der Waals surface area contributed by atoms with Gasteiger partial charge in [0, 0.05) is 10.8 Å². The summed E-state index contributed by atoms with van der Waals surface area (Å²) in [6, 6.07) is 0. The van der Waals surface area contributed by atoms with Crippen molar-refractivity contribution in [3.63, 3.8) is 0 Å². The molecule has 0 aliphatic heterocycles. The molecule has 1 aromatic heterocycles. The summed E-state index contributed by atoms with van der Waals surface area (Å²) in [7, 11) is 0. The van der Waals surface area contributed by atoms with E-state index in [9.17, 15) is 0 Å². The maximum absolute atomic E-state index is 4.76. The smallest absolute Gasteiger partial charge is 0.0928 e. The molecule has 1 heterocycles. The summed E-state index contributed by atoms with van der Waals surface area (Å²) >= 11 is 1.82. The Labute approximate surface area is 123 Å². The van der Waals surface area contributed by atoms with E-state index >= 15 is 0 Å². The molecule has 3 heteroatoms. The fourth-order valence-electron chi connectivity index (χ4n) is 1.86. The fraction of sp³-hybridized carbons (Fsp3) is 0.812. The summed E-state index contributed by atoms with van der Waals surface area (Å²) in [6.45, 7) is 15.7. The minimum atomic E-state index is 0.180. The maximum Gasteiger partial charge on any atom is 0.0928 e. The molecule has 0 aliphatic carbocycles. The Morgan fingerprint density at radius 1 is 1.21 bits per heavy atom. The second-order valence-electron chi connectivity index (χ2n) is 7.07. The first kappa shape index (κ1) is 16.6. The van der Waals surface area contributed by atoms with E-state index in [0.29, 0.717) is 0 Å². The largest absolute Gasteiger partial charge is 0.316 e. The maximum atomic E-state index is 4.76. The summed E-state index contributed by atoms with van der Waals surface area (Å²) in [5.74, 6) is 1.46. The first-order valence-electron chi connectivity index (χ1n) is 7.44. The van der Waals surface area contributed by atoms with Crippen molar-refractivity contribution >= 4 is 11.3 Å². The van der Waals surface area contributed by atoms with Gasteiger partial charge in [0.15, 0.2) is 0 Å². The van der Waals surface area contributed by atoms with Crippen LogP contribution in [0.5, 0.6) is 0 Å². The lowest BCUT2D eigenvalue weighted by molar-refractivity contribution is 0.453. The van der Waals surface area contributed by atoms with Gasteiger partial charge in [0.1, 0.15) is 0 Å². The number of hydrogen-bond acceptors (Lipinski definition) is 3. The Bertz CT molecular complexity index is 363. The van der Waals surface area contributed by atoms with Crippen LogP contribution in [0.3, 0.4) is 0 Å². The lowest BCUT2D eigenvalue weighted by Crippen LogP contribution is -2.25. The van der Waals surface area contributed by atoms with Crippen LogP contribution in [-0.2, 0) is 11.8 Å². The number of rotatable bonds is 7. The molecule has 1 atom stereocenters. The van der Waals surface area contributed by atoms with Gasteiger partial charge < -0.3 is 5.32 Å². The van der Waals surface area contributed by atoms with Crippen molar-refractivity contribution in [3.05, 3.63) is 16.1 Å². The van der Waals surface area contributed by atoms with Crippen LogP contribution < -0.4 is 5.32 Å². The molecule has 0 aromatic carbocycles. The van der Waals surface area contributed by atoms with Gasteiger partial charge in [0.2, 0.25) is 0 Å². The second kappa shape index (κ2) is 7.39. The highest BCUT2D eigenvalue weighted by Crippen LogP contribution is 2.24. The van der Waals surface area contributed by atoms with Crippen molar-refractivity contribution < 1.29 is 0 Å². The van der Waals surface area contributed by atoms with Crippen molar-refractivity contribution in [3.8, 4) is 0 Å². The van der Waals surface area contributed by atoms with Crippen LogP contribution >= 0.6 is 11.3 Å². The highest BCUT2D eigenvalue weighted by molar-refractivity contribution is 7.09. The molecule has 0 spiro atoms. The third-order valence-electron chi connectivity index (χ3n) is 3.22. The van der Waals surface area contributed by atoms with Gasteiger partial charge >= 0.3 is 0 Å². The molecule has 0 amide bonds. The van der Waals surface area contributed by atoms with Crippen LogP contribution in [0.1, 0.15) is 58.7 Å². The average molecular weight is 282 g/mol. The summed E-state index contributed by atoms with van der Waals surface area (Å²) < 4.78 is 0. The van der Waals surface area contributed by atoms with Gasteiger partial charge in [-0.2, -0.15) is 0 Å². The molecule has 110 valence electrons. The summed E-state index contributed by atoms with van der Waals surface area (Å²) in [6.07, 6.45) is 2.34. The Kier molecular flexibility index (Phi) is 6.48. The van der Waals surface area contributed by atoms with E-state index in [-0.39, 0.29) is 5.41 Å². The van der Waals surface area contributed by atoms with Gasteiger partial charge in [-0.25, -0.2) is 4.98 Å². The van der Waals surface area contributed by atoms with Gasteiger partial charge in [0.25, 0.3) is 0 Å². The fourth-order valence-corrected chi connectivity index (χ4v) is 2.90. The molecule has 0 aliphatic rings. The Hall–Kier alpha value is -0.410. The van der Waals surface area contributed by atoms with Gasteiger partial charge in [-0.15, -0.1) is 11.3 Å². The average Bonchev–Trinajstić information content (AvgIpc) is 2.74. The molecule has 0 saturated heterocycles. The summed E-state index contributed by atoms with van der Waals surface area (Å²) in [5, 5.41) is 7.04. The topological polar surface area (TPSA) is 24.9 Å². The van der Waals surface area contributed by atoms with Gasteiger partial charge in [-0.05, 0) is 37.8 Å². The Morgan fingerprint density at radius 3 is 2.42 bits per heavy atom. The molecule has 19 heavy (non-hydrogen) atoms. The van der Waals surface area contributed by atoms with Crippen molar-refractivity contribution in [1.29, 1.82) is 0 Å². The molecule has 0 fully saturated rings. The highest BCUT2D eigenvalue weighted by atomic mass is 32.1. The predicted molar refractivity (Wildman–Crippen MR) is 86.0 cm³/mol. The normalized spacial score (nSPS) is 14.1. The third-order valence-corrected chi connectivity index (χ3v) is 4.13. The lowest BCUT2D eigenvalue weighted by atomic mass is 9.93. The van der Waals surface area contributed by atoms with E-state index in [1.165, 1.54) is 17.1 Å². The van der Waals surface area contributed by atoms with Crippen molar-refractivity contribution in [1.82, 2.24) is 10.3 Å². The van der Waals surface area contributed by atoms with E-state index in [1.54, 1.807) is 0 Å². The number of hydrogen-bond donors (Lipinski definition) is 1. The highest BCUT2D eigenvalue weighted by Gasteiger charge is 2.17. The molecule has 1 unspecified atom stereocenters. The lowest BCUT2D eigenvalue weighted by Gasteiger charge is -2.14. The third kappa shape index (κ3) is 6.53. The molecule has 0 bridgehead atoms. The number of thiazole rings is 1. The zero-order valence-corrected chi connectivity index (χ0v) is 14.2. The van der Waals surface area contributed by atoms with E-state index in [0.717, 1.165) is 31.3 Å². The first-order chi connectivity index (χ1) is 8.79. The number of aryl methyl sites for hydroxylation is 1. The standard InChI is InChI=1S/C16H30N2S/c1-12(2)9-17-10-13(3)7-8-15-18-14(11-19-15)16(4,5)6/h11-13,17H,7-10H2,1-6H3. The Balaban J connectivity index is 2.30. The van der Waals surface area contributed by atoms with E-state index in [2.05, 4.69) is 52.2 Å². The summed E-state index contributed by atoms with van der Waals surface area (Å²) in [5.41, 5.74) is 1.41. The van der Waals surface area contributed by atoms with Gasteiger partial charge in [-0.1, -0.05) is 41.5 Å². The molecule has 1 rings (SSSR count). The SMILES string of the molecule is CC(C)CNCC(C)CCc1nc(C(C)(C)C)cs1. The van der Waals surface area contributed by atoms with Crippen LogP contribution in [0.25, 0.3) is 0 Å². The van der Waals surface area contributed by atoms with Crippen molar-refractivity contribution in [2.24, 2.45) is 11.8 Å². The molecule has 0 saturated carbocycles. The number of nitrogens with one attached hydrogen (secondary N) is 1. The second-order valence-corrected chi connectivity index (χ2v) is 8.02. The Morgan fingerprint density at radius 2 is 1.89 bits per heavy atom. The van der Waals surface area contributed by atoms with Gasteiger partial charge in [0.05, 0.1) is 10.7 Å². The van der Waals surface area contributed by atoms with Crippen LogP contribution in [0.15, 0.2) is 5.38 Å². The molecular formula is C16H30N2S. The molecule has 2 nitrogen and oxygen atoms in total. The van der Waals surface area contributed by atoms with Crippen LogP contribution in [0.2, 0.25) is 0 Å².